The second-order valence-corrected chi connectivity index (χ2v) is 8.01. The van der Waals surface area contributed by atoms with E-state index in [1.807, 2.05) is 74.5 Å². The van der Waals surface area contributed by atoms with Gasteiger partial charge in [-0.25, -0.2) is 5.01 Å². The number of allylic oxidation sites excluding steroid dienone is 1. The molecule has 2 N–H and O–H groups in total. The monoisotopic (exact) mass is 440 g/mol. The molecule has 0 aliphatic carbocycles. The normalized spacial score (nSPS) is 18.2. The summed E-state index contributed by atoms with van der Waals surface area (Å²) in [5.74, 6) is -0.721. The number of nitriles is 2. The van der Waals surface area contributed by atoms with E-state index in [9.17, 15) is 10.5 Å². The van der Waals surface area contributed by atoms with Crippen LogP contribution in [-0.2, 0) is 0 Å². The summed E-state index contributed by atoms with van der Waals surface area (Å²) in [6.07, 6.45) is 1.11. The molecule has 0 unspecified atom stereocenters. The molecule has 7 heteroatoms. The number of benzene rings is 2. The summed E-state index contributed by atoms with van der Waals surface area (Å²) in [5.41, 5.74) is 11.6. The second kappa shape index (κ2) is 8.72. The summed E-state index contributed by atoms with van der Waals surface area (Å²) in [6, 6.07) is 23.4. The Labute approximate surface area is 192 Å². The molecule has 4 rings (SSSR count). The minimum atomic E-state index is -0.721. The quantitative estimate of drug-likeness (QED) is 0.580. The average Bonchev–Trinajstić information content (AvgIpc) is 3.28. The smallest absolute Gasteiger partial charge is 0.127 e. The Morgan fingerprint density at radius 3 is 2.38 bits per heavy atom. The molecule has 1 aliphatic rings. The molecule has 0 spiro atoms. The van der Waals surface area contributed by atoms with Crippen molar-refractivity contribution in [2.75, 3.05) is 5.01 Å². The van der Waals surface area contributed by atoms with Crippen molar-refractivity contribution in [2.24, 2.45) is 16.8 Å². The highest BCUT2D eigenvalue weighted by Crippen LogP contribution is 2.30. The fourth-order valence-electron chi connectivity index (χ4n) is 3.96. The number of halogens is 1. The van der Waals surface area contributed by atoms with Crippen LogP contribution < -0.4 is 10.7 Å². The van der Waals surface area contributed by atoms with Gasteiger partial charge in [-0.05, 0) is 68.0 Å². The third-order valence-corrected chi connectivity index (χ3v) is 5.80. The van der Waals surface area contributed by atoms with E-state index in [0.29, 0.717) is 16.3 Å². The molecular formula is C25H21ClN6. The number of aromatic nitrogens is 1. The van der Waals surface area contributed by atoms with E-state index < -0.39 is 12.1 Å². The van der Waals surface area contributed by atoms with Gasteiger partial charge in [0.25, 0.3) is 0 Å². The number of para-hydroxylation sites is 1. The minimum Gasteiger partial charge on any atom is -0.318 e. The number of rotatable bonds is 4. The van der Waals surface area contributed by atoms with Crippen LogP contribution in [0.4, 0.5) is 5.69 Å². The van der Waals surface area contributed by atoms with Crippen LogP contribution in [-0.4, -0.2) is 16.4 Å². The molecule has 0 fully saturated rings. The molecule has 3 aromatic rings. The number of hydrogen-bond donors (Lipinski definition) is 1. The standard InChI is InChI=1S/C25H21ClN6/c1-16-12-18(17(2)31(16)21-10-8-20(26)9-11-21)13-19(14-27)24-23(15-28)25(29)32(30-24)22-6-4-3-5-7-22/h3-13,23,25H,29H2,1-2H3/b19-13-/t23-,25+/m0/s1. The van der Waals surface area contributed by atoms with Gasteiger partial charge in [0.2, 0.25) is 0 Å². The maximum Gasteiger partial charge on any atom is 0.127 e. The molecule has 2 atom stereocenters. The Balaban J connectivity index is 1.76. The van der Waals surface area contributed by atoms with Crippen LogP contribution >= 0.6 is 11.6 Å². The number of anilines is 1. The number of nitrogens with two attached hydrogens (primary N) is 1. The molecule has 0 bridgehead atoms. The van der Waals surface area contributed by atoms with Crippen molar-refractivity contribution in [1.82, 2.24) is 4.57 Å². The van der Waals surface area contributed by atoms with Crippen LogP contribution in [0.3, 0.4) is 0 Å². The maximum absolute atomic E-state index is 9.93. The summed E-state index contributed by atoms with van der Waals surface area (Å²) in [7, 11) is 0. The Morgan fingerprint density at radius 1 is 1.06 bits per heavy atom. The molecule has 2 aromatic carbocycles. The van der Waals surface area contributed by atoms with E-state index in [2.05, 4.69) is 21.8 Å². The van der Waals surface area contributed by atoms with Gasteiger partial charge in [0.1, 0.15) is 18.2 Å². The lowest BCUT2D eigenvalue weighted by atomic mass is 9.95. The van der Waals surface area contributed by atoms with E-state index in [1.54, 1.807) is 11.1 Å². The molecule has 0 radical (unpaired) electrons. The fourth-order valence-corrected chi connectivity index (χ4v) is 4.08. The number of hydrazone groups is 1. The zero-order valence-corrected chi connectivity index (χ0v) is 18.5. The van der Waals surface area contributed by atoms with Gasteiger partial charge >= 0.3 is 0 Å². The summed E-state index contributed by atoms with van der Waals surface area (Å²) in [6.45, 7) is 3.99. The fraction of sp³-hybridized carbons (Fsp3) is 0.160. The van der Waals surface area contributed by atoms with Crippen LogP contribution in [0.25, 0.3) is 11.8 Å². The van der Waals surface area contributed by atoms with E-state index in [4.69, 9.17) is 17.3 Å². The van der Waals surface area contributed by atoms with Gasteiger partial charge in [-0.2, -0.15) is 15.6 Å². The van der Waals surface area contributed by atoms with Crippen LogP contribution in [0.2, 0.25) is 5.02 Å². The van der Waals surface area contributed by atoms with Crippen molar-refractivity contribution in [2.45, 2.75) is 20.0 Å². The lowest BCUT2D eigenvalue weighted by Gasteiger charge is -2.21. The first kappa shape index (κ1) is 21.4. The van der Waals surface area contributed by atoms with Crippen molar-refractivity contribution in [1.29, 1.82) is 10.5 Å². The molecule has 2 heterocycles. The molecule has 1 aliphatic heterocycles. The van der Waals surface area contributed by atoms with Crippen molar-refractivity contribution in [3.63, 3.8) is 0 Å². The van der Waals surface area contributed by atoms with Crippen molar-refractivity contribution in [3.8, 4) is 17.8 Å². The predicted molar refractivity (Wildman–Crippen MR) is 127 cm³/mol. The van der Waals surface area contributed by atoms with E-state index in [1.165, 1.54) is 0 Å². The third-order valence-electron chi connectivity index (χ3n) is 5.55. The predicted octanol–water partition coefficient (Wildman–Crippen LogP) is 4.96. The van der Waals surface area contributed by atoms with Crippen molar-refractivity contribution < 1.29 is 0 Å². The number of hydrogen-bond acceptors (Lipinski definition) is 5. The van der Waals surface area contributed by atoms with Gasteiger partial charge in [-0.1, -0.05) is 29.8 Å². The Bertz CT molecular complexity index is 1290. The Kier molecular flexibility index (Phi) is 5.83. The van der Waals surface area contributed by atoms with Crippen LogP contribution in [0.5, 0.6) is 0 Å². The van der Waals surface area contributed by atoms with Gasteiger partial charge in [0.05, 0.1) is 23.0 Å². The minimum absolute atomic E-state index is 0.321. The first-order valence-corrected chi connectivity index (χ1v) is 10.5. The molecule has 32 heavy (non-hydrogen) atoms. The van der Waals surface area contributed by atoms with E-state index in [0.717, 1.165) is 28.3 Å². The Hall–Kier alpha value is -3.84. The third kappa shape index (κ3) is 3.78. The summed E-state index contributed by atoms with van der Waals surface area (Å²) in [4.78, 5) is 0. The van der Waals surface area contributed by atoms with Gasteiger partial charge in [-0.3, -0.25) is 0 Å². The first-order valence-electron chi connectivity index (χ1n) is 10.1. The molecule has 0 saturated carbocycles. The van der Waals surface area contributed by atoms with Gasteiger partial charge < -0.3 is 10.3 Å². The van der Waals surface area contributed by atoms with Crippen molar-refractivity contribution >= 4 is 29.1 Å². The average molecular weight is 441 g/mol. The number of aryl methyl sites for hydroxylation is 1. The number of nitrogens with zero attached hydrogens (tertiary/aromatic N) is 5. The highest BCUT2D eigenvalue weighted by atomic mass is 35.5. The molecule has 158 valence electrons. The van der Waals surface area contributed by atoms with Crippen molar-refractivity contribution in [3.05, 3.63) is 88.2 Å². The first-order chi connectivity index (χ1) is 15.4. The van der Waals surface area contributed by atoms with Gasteiger partial charge in [-0.15, -0.1) is 0 Å². The van der Waals surface area contributed by atoms with E-state index >= 15 is 0 Å². The molecule has 0 saturated heterocycles. The lowest BCUT2D eigenvalue weighted by Crippen LogP contribution is -2.40. The lowest BCUT2D eigenvalue weighted by molar-refractivity contribution is 0.624. The zero-order chi connectivity index (χ0) is 22.8. The highest BCUT2D eigenvalue weighted by molar-refractivity contribution is 6.30. The zero-order valence-electron chi connectivity index (χ0n) is 17.7. The highest BCUT2D eigenvalue weighted by Gasteiger charge is 2.37. The maximum atomic E-state index is 9.93. The second-order valence-electron chi connectivity index (χ2n) is 7.57. The van der Waals surface area contributed by atoms with Gasteiger partial charge in [0.15, 0.2) is 0 Å². The topological polar surface area (TPSA) is 94.1 Å². The van der Waals surface area contributed by atoms with Crippen LogP contribution in [0.15, 0.2) is 71.3 Å². The van der Waals surface area contributed by atoms with Gasteiger partial charge in [0, 0.05) is 22.1 Å². The summed E-state index contributed by atoms with van der Waals surface area (Å²) >= 11 is 6.03. The molecule has 0 amide bonds. The van der Waals surface area contributed by atoms with Crippen LogP contribution in [0, 0.1) is 42.4 Å². The molecular weight excluding hydrogens is 420 g/mol. The molecule has 6 nitrogen and oxygen atoms in total. The van der Waals surface area contributed by atoms with Crippen LogP contribution in [0.1, 0.15) is 17.0 Å². The summed E-state index contributed by atoms with van der Waals surface area (Å²) in [5, 5.41) is 26.5. The van der Waals surface area contributed by atoms with E-state index in [-0.39, 0.29) is 0 Å². The Morgan fingerprint density at radius 2 is 1.75 bits per heavy atom. The molecule has 1 aromatic heterocycles. The SMILES string of the molecule is Cc1cc(/C=C(/C#N)C2=NN(c3ccccc3)[C@@H](N)[C@H]2C#N)c(C)n1-c1ccc(Cl)cc1. The largest absolute Gasteiger partial charge is 0.318 e. The summed E-state index contributed by atoms with van der Waals surface area (Å²) < 4.78 is 2.09.